The van der Waals surface area contributed by atoms with Crippen molar-refractivity contribution >= 4 is 34.5 Å². The second-order valence-corrected chi connectivity index (χ2v) is 9.36. The van der Waals surface area contributed by atoms with Crippen molar-refractivity contribution in [1.82, 2.24) is 0 Å². The Kier molecular flexibility index (Phi) is 6.39. The first-order chi connectivity index (χ1) is 16.6. The maximum absolute atomic E-state index is 13.4. The minimum absolute atomic E-state index is 0.0903. The van der Waals surface area contributed by atoms with Crippen molar-refractivity contribution in [2.75, 3.05) is 42.9 Å². The SMILES string of the molecule is Cc1ccc(/C(O)=C2/C(=O)C(=O)N(c3ccc(N(C)C)cc3)C2c2ccc(N(C)C)cc2)cc1C. The lowest BCUT2D eigenvalue weighted by molar-refractivity contribution is -0.132. The number of Topliss-reactive ketones (excluding diaryl/α,β-unsaturated/α-hetero) is 1. The van der Waals surface area contributed by atoms with Crippen LogP contribution in [0.2, 0.25) is 0 Å². The summed E-state index contributed by atoms with van der Waals surface area (Å²) in [4.78, 5) is 32.2. The van der Waals surface area contributed by atoms with Crippen LogP contribution in [0.15, 0.2) is 72.3 Å². The van der Waals surface area contributed by atoms with Crippen molar-refractivity contribution < 1.29 is 14.7 Å². The highest BCUT2D eigenvalue weighted by Gasteiger charge is 2.47. The molecule has 0 bridgehead atoms. The zero-order valence-corrected chi connectivity index (χ0v) is 21.0. The van der Waals surface area contributed by atoms with E-state index in [-0.39, 0.29) is 11.3 Å². The molecule has 1 aliphatic rings. The zero-order valence-electron chi connectivity index (χ0n) is 21.0. The molecule has 1 N–H and O–H groups in total. The van der Waals surface area contributed by atoms with Crippen LogP contribution < -0.4 is 14.7 Å². The normalized spacial score (nSPS) is 17.1. The van der Waals surface area contributed by atoms with E-state index in [0.717, 1.165) is 28.1 Å². The van der Waals surface area contributed by atoms with Gasteiger partial charge in [0.15, 0.2) is 0 Å². The van der Waals surface area contributed by atoms with Crippen LogP contribution in [0.3, 0.4) is 0 Å². The molecule has 0 saturated carbocycles. The number of anilines is 3. The predicted molar refractivity (Wildman–Crippen MR) is 142 cm³/mol. The Morgan fingerprint density at radius 1 is 0.771 bits per heavy atom. The molecule has 6 heteroatoms. The summed E-state index contributed by atoms with van der Waals surface area (Å²) in [5.74, 6) is -1.52. The second-order valence-electron chi connectivity index (χ2n) is 9.36. The molecule has 0 aromatic heterocycles. The predicted octanol–water partition coefficient (Wildman–Crippen LogP) is 5.06. The lowest BCUT2D eigenvalue weighted by Crippen LogP contribution is -2.29. The van der Waals surface area contributed by atoms with Gasteiger partial charge in [-0.2, -0.15) is 0 Å². The minimum atomic E-state index is -0.752. The van der Waals surface area contributed by atoms with Crippen molar-refractivity contribution in [3.8, 4) is 0 Å². The van der Waals surface area contributed by atoms with E-state index in [2.05, 4.69) is 0 Å². The number of carbonyl (C=O) groups is 2. The van der Waals surface area contributed by atoms with Crippen LogP contribution in [0.4, 0.5) is 17.1 Å². The smallest absolute Gasteiger partial charge is 0.300 e. The highest BCUT2D eigenvalue weighted by molar-refractivity contribution is 6.51. The fraction of sp³-hybridized carbons (Fsp3) is 0.241. The van der Waals surface area contributed by atoms with Crippen LogP contribution >= 0.6 is 0 Å². The van der Waals surface area contributed by atoms with Crippen molar-refractivity contribution in [3.63, 3.8) is 0 Å². The third-order valence-electron chi connectivity index (χ3n) is 6.59. The maximum atomic E-state index is 13.4. The van der Waals surface area contributed by atoms with E-state index in [4.69, 9.17) is 0 Å². The van der Waals surface area contributed by atoms with E-state index < -0.39 is 17.7 Å². The standard InChI is InChI=1S/C29H31N3O3/c1-18-7-8-21(17-19(18)2)27(33)25-26(20-9-11-22(12-10-20)30(3)4)32(29(35)28(25)34)24-15-13-23(14-16-24)31(5)6/h7-17,26,33H,1-6H3/b27-25-. The quantitative estimate of drug-likeness (QED) is 0.321. The zero-order chi connectivity index (χ0) is 25.4. The molecule has 1 atom stereocenters. The molecule has 3 aromatic carbocycles. The molecule has 35 heavy (non-hydrogen) atoms. The Morgan fingerprint density at radius 3 is 1.83 bits per heavy atom. The lowest BCUT2D eigenvalue weighted by atomic mass is 9.94. The van der Waals surface area contributed by atoms with Crippen molar-refractivity contribution in [2.45, 2.75) is 19.9 Å². The van der Waals surface area contributed by atoms with Gasteiger partial charge in [-0.15, -0.1) is 0 Å². The minimum Gasteiger partial charge on any atom is -0.507 e. The van der Waals surface area contributed by atoms with E-state index in [1.165, 1.54) is 4.90 Å². The Labute approximate surface area is 206 Å². The number of amides is 1. The highest BCUT2D eigenvalue weighted by Crippen LogP contribution is 2.42. The fourth-order valence-corrected chi connectivity index (χ4v) is 4.32. The van der Waals surface area contributed by atoms with Gasteiger partial charge in [0, 0.05) is 50.8 Å². The Morgan fingerprint density at radius 2 is 1.31 bits per heavy atom. The van der Waals surface area contributed by atoms with Gasteiger partial charge in [-0.1, -0.05) is 24.3 Å². The molecule has 3 aromatic rings. The summed E-state index contributed by atoms with van der Waals surface area (Å²) in [6.07, 6.45) is 0. The van der Waals surface area contributed by atoms with Gasteiger partial charge < -0.3 is 14.9 Å². The molecule has 1 unspecified atom stereocenters. The van der Waals surface area contributed by atoms with Gasteiger partial charge in [-0.3, -0.25) is 14.5 Å². The molecule has 1 fully saturated rings. The van der Waals surface area contributed by atoms with Crippen molar-refractivity contribution in [1.29, 1.82) is 0 Å². The van der Waals surface area contributed by atoms with E-state index in [1.54, 1.807) is 6.07 Å². The van der Waals surface area contributed by atoms with Gasteiger partial charge in [0.2, 0.25) is 0 Å². The van der Waals surface area contributed by atoms with Gasteiger partial charge in [-0.05, 0) is 73.0 Å². The Balaban J connectivity index is 1.91. The average molecular weight is 470 g/mol. The highest BCUT2D eigenvalue weighted by atomic mass is 16.3. The number of rotatable bonds is 5. The summed E-state index contributed by atoms with van der Waals surface area (Å²) in [7, 11) is 7.79. The first kappa shape index (κ1) is 24.1. The molecule has 1 saturated heterocycles. The van der Waals surface area contributed by atoms with Crippen LogP contribution in [-0.4, -0.2) is 45.0 Å². The molecule has 1 heterocycles. The molecule has 6 nitrogen and oxygen atoms in total. The number of aliphatic hydroxyl groups is 1. The second kappa shape index (κ2) is 9.29. The number of aryl methyl sites for hydroxylation is 2. The summed E-state index contributed by atoms with van der Waals surface area (Å²) in [5, 5.41) is 11.3. The molecule has 1 amide bonds. The first-order valence-corrected chi connectivity index (χ1v) is 11.5. The topological polar surface area (TPSA) is 64.1 Å². The number of hydrogen-bond donors (Lipinski definition) is 1. The van der Waals surface area contributed by atoms with Crippen molar-refractivity contribution in [3.05, 3.63) is 94.6 Å². The van der Waals surface area contributed by atoms with Crippen LogP contribution in [0, 0.1) is 13.8 Å². The van der Waals surface area contributed by atoms with Gasteiger partial charge in [0.1, 0.15) is 5.76 Å². The number of aliphatic hydroxyl groups excluding tert-OH is 1. The average Bonchev–Trinajstić information content (AvgIpc) is 3.10. The molecular weight excluding hydrogens is 438 g/mol. The monoisotopic (exact) mass is 469 g/mol. The summed E-state index contributed by atoms with van der Waals surface area (Å²) < 4.78 is 0. The van der Waals surface area contributed by atoms with Crippen LogP contribution in [0.25, 0.3) is 5.76 Å². The van der Waals surface area contributed by atoms with E-state index in [1.807, 2.05) is 113 Å². The lowest BCUT2D eigenvalue weighted by Gasteiger charge is -2.26. The number of benzene rings is 3. The molecular formula is C29H31N3O3. The maximum Gasteiger partial charge on any atom is 0.300 e. The molecule has 0 spiro atoms. The third kappa shape index (κ3) is 4.39. The molecule has 1 aliphatic heterocycles. The Hall–Kier alpha value is -4.06. The molecule has 180 valence electrons. The number of ketones is 1. The number of carbonyl (C=O) groups excluding carboxylic acids is 2. The molecule has 0 radical (unpaired) electrons. The summed E-state index contributed by atoms with van der Waals surface area (Å²) in [6, 6.07) is 19.9. The van der Waals surface area contributed by atoms with Crippen LogP contribution in [0.5, 0.6) is 0 Å². The Bertz CT molecular complexity index is 1310. The van der Waals surface area contributed by atoms with Gasteiger partial charge >= 0.3 is 0 Å². The van der Waals surface area contributed by atoms with Crippen LogP contribution in [-0.2, 0) is 9.59 Å². The molecule has 0 aliphatic carbocycles. The summed E-state index contributed by atoms with van der Waals surface area (Å²) >= 11 is 0. The van der Waals surface area contributed by atoms with E-state index >= 15 is 0 Å². The number of nitrogens with zero attached hydrogens (tertiary/aromatic N) is 3. The van der Waals surface area contributed by atoms with E-state index in [9.17, 15) is 14.7 Å². The fourth-order valence-electron chi connectivity index (χ4n) is 4.32. The molecule has 4 rings (SSSR count). The van der Waals surface area contributed by atoms with Gasteiger partial charge in [-0.25, -0.2) is 0 Å². The van der Waals surface area contributed by atoms with Gasteiger partial charge in [0.05, 0.1) is 11.6 Å². The van der Waals surface area contributed by atoms with Crippen molar-refractivity contribution in [2.24, 2.45) is 0 Å². The van der Waals surface area contributed by atoms with Gasteiger partial charge in [0.25, 0.3) is 11.7 Å². The number of hydrogen-bond acceptors (Lipinski definition) is 5. The largest absolute Gasteiger partial charge is 0.507 e. The summed E-state index contributed by atoms with van der Waals surface area (Å²) in [5.41, 5.74) is 6.00. The third-order valence-corrected chi connectivity index (χ3v) is 6.59. The van der Waals surface area contributed by atoms with E-state index in [0.29, 0.717) is 11.3 Å². The summed E-state index contributed by atoms with van der Waals surface area (Å²) in [6.45, 7) is 3.94. The first-order valence-electron chi connectivity index (χ1n) is 11.5. The van der Waals surface area contributed by atoms with Crippen LogP contribution in [0.1, 0.15) is 28.3 Å².